The van der Waals surface area contributed by atoms with Crippen LogP contribution in [0.2, 0.25) is 0 Å². The monoisotopic (exact) mass is 195 g/mol. The second kappa shape index (κ2) is 5.81. The second-order valence-electron chi connectivity index (χ2n) is 3.96. The summed E-state index contributed by atoms with van der Waals surface area (Å²) in [7, 11) is 0. The first-order valence-corrected chi connectivity index (χ1v) is 5.48. The topological polar surface area (TPSA) is 29.9 Å². The molecule has 0 aliphatic carbocycles. The van der Waals surface area contributed by atoms with E-state index >= 15 is 0 Å². The van der Waals surface area contributed by atoms with Crippen molar-refractivity contribution >= 4 is 0 Å². The van der Waals surface area contributed by atoms with E-state index in [2.05, 4.69) is 43.4 Å². The number of aryl methyl sites for hydroxylation is 1. The third-order valence-corrected chi connectivity index (χ3v) is 2.13. The van der Waals surface area contributed by atoms with Crippen molar-refractivity contribution in [3.05, 3.63) is 18.0 Å². The van der Waals surface area contributed by atoms with Crippen molar-refractivity contribution in [3.8, 4) is 0 Å². The van der Waals surface area contributed by atoms with Gasteiger partial charge in [-0.15, -0.1) is 0 Å². The number of hydrogen-bond donors (Lipinski definition) is 1. The Bertz CT molecular complexity index is 253. The van der Waals surface area contributed by atoms with E-state index in [1.807, 2.05) is 4.68 Å². The lowest BCUT2D eigenvalue weighted by atomic mass is 10.3. The van der Waals surface area contributed by atoms with Crippen molar-refractivity contribution in [2.45, 2.75) is 52.7 Å². The number of unbranched alkanes of at least 4 members (excludes halogenated alkanes) is 1. The molecule has 1 N–H and O–H groups in total. The van der Waals surface area contributed by atoms with Gasteiger partial charge in [-0.2, -0.15) is 5.10 Å². The Kier molecular flexibility index (Phi) is 4.66. The molecule has 0 spiro atoms. The quantitative estimate of drug-likeness (QED) is 0.754. The van der Waals surface area contributed by atoms with Gasteiger partial charge in [-0.1, -0.05) is 27.2 Å². The van der Waals surface area contributed by atoms with Crippen molar-refractivity contribution in [3.63, 3.8) is 0 Å². The molecule has 1 rings (SSSR count). The molecule has 0 atom stereocenters. The Balaban J connectivity index is 2.35. The maximum Gasteiger partial charge on any atom is 0.0762 e. The number of hydrogen-bond acceptors (Lipinski definition) is 2. The molecular formula is C11H21N3. The molecule has 1 aromatic rings. The van der Waals surface area contributed by atoms with Crippen molar-refractivity contribution in [2.24, 2.45) is 0 Å². The molecular weight excluding hydrogens is 174 g/mol. The molecule has 1 aromatic heterocycles. The summed E-state index contributed by atoms with van der Waals surface area (Å²) in [5.41, 5.74) is 1.13. The van der Waals surface area contributed by atoms with Gasteiger partial charge in [0.15, 0.2) is 0 Å². The van der Waals surface area contributed by atoms with Gasteiger partial charge in [0.2, 0.25) is 0 Å². The molecule has 0 fully saturated rings. The normalized spacial score (nSPS) is 11.1. The molecule has 3 nitrogen and oxygen atoms in total. The van der Waals surface area contributed by atoms with Crippen LogP contribution in [0, 0.1) is 0 Å². The molecule has 0 saturated heterocycles. The molecule has 3 heteroatoms. The van der Waals surface area contributed by atoms with Crippen molar-refractivity contribution < 1.29 is 0 Å². The third-order valence-electron chi connectivity index (χ3n) is 2.13. The fourth-order valence-corrected chi connectivity index (χ4v) is 1.25. The molecule has 0 amide bonds. The summed E-state index contributed by atoms with van der Waals surface area (Å²) >= 11 is 0. The Morgan fingerprint density at radius 2 is 2.29 bits per heavy atom. The average Bonchev–Trinajstić information content (AvgIpc) is 2.59. The van der Waals surface area contributed by atoms with Crippen LogP contribution in [0.5, 0.6) is 0 Å². The van der Waals surface area contributed by atoms with Crippen LogP contribution in [-0.4, -0.2) is 15.8 Å². The SMILES string of the molecule is CCCCn1ccc(CNC(C)C)n1. The van der Waals surface area contributed by atoms with Gasteiger partial charge in [-0.25, -0.2) is 0 Å². The number of nitrogens with zero attached hydrogens (tertiary/aromatic N) is 2. The summed E-state index contributed by atoms with van der Waals surface area (Å²) in [6.07, 6.45) is 4.49. The first kappa shape index (κ1) is 11.2. The summed E-state index contributed by atoms with van der Waals surface area (Å²) in [6.45, 7) is 8.40. The largest absolute Gasteiger partial charge is 0.309 e. The first-order valence-electron chi connectivity index (χ1n) is 5.48. The predicted molar refractivity (Wildman–Crippen MR) is 59.1 cm³/mol. The average molecular weight is 195 g/mol. The van der Waals surface area contributed by atoms with E-state index in [1.165, 1.54) is 12.8 Å². The Morgan fingerprint density at radius 3 is 2.93 bits per heavy atom. The van der Waals surface area contributed by atoms with E-state index in [4.69, 9.17) is 0 Å². The maximum atomic E-state index is 4.47. The lowest BCUT2D eigenvalue weighted by molar-refractivity contribution is 0.543. The standard InChI is InChI=1S/C11H21N3/c1-4-5-7-14-8-6-11(13-14)9-12-10(2)3/h6,8,10,12H,4-5,7,9H2,1-3H3. The zero-order valence-corrected chi connectivity index (χ0v) is 9.45. The lowest BCUT2D eigenvalue weighted by Gasteiger charge is -2.05. The van der Waals surface area contributed by atoms with E-state index in [9.17, 15) is 0 Å². The molecule has 0 aliphatic rings. The van der Waals surface area contributed by atoms with Gasteiger partial charge >= 0.3 is 0 Å². The van der Waals surface area contributed by atoms with Gasteiger partial charge in [0, 0.05) is 25.3 Å². The van der Waals surface area contributed by atoms with Crippen molar-refractivity contribution in [2.75, 3.05) is 0 Å². The minimum Gasteiger partial charge on any atom is -0.309 e. The lowest BCUT2D eigenvalue weighted by Crippen LogP contribution is -2.22. The van der Waals surface area contributed by atoms with Crippen LogP contribution >= 0.6 is 0 Å². The maximum absolute atomic E-state index is 4.47. The Morgan fingerprint density at radius 1 is 1.50 bits per heavy atom. The van der Waals surface area contributed by atoms with Crippen molar-refractivity contribution in [1.82, 2.24) is 15.1 Å². The highest BCUT2D eigenvalue weighted by Crippen LogP contribution is 1.98. The molecule has 0 aromatic carbocycles. The molecule has 14 heavy (non-hydrogen) atoms. The van der Waals surface area contributed by atoms with Gasteiger partial charge in [0.25, 0.3) is 0 Å². The van der Waals surface area contributed by atoms with Gasteiger partial charge in [0.05, 0.1) is 5.69 Å². The summed E-state index contributed by atoms with van der Waals surface area (Å²) in [4.78, 5) is 0. The fraction of sp³-hybridized carbons (Fsp3) is 0.727. The van der Waals surface area contributed by atoms with Gasteiger partial charge in [-0.3, -0.25) is 4.68 Å². The summed E-state index contributed by atoms with van der Waals surface area (Å²) in [5, 5.41) is 7.83. The molecule has 0 radical (unpaired) electrons. The Hall–Kier alpha value is -0.830. The molecule has 0 unspecified atom stereocenters. The molecule has 0 aliphatic heterocycles. The van der Waals surface area contributed by atoms with Crippen LogP contribution < -0.4 is 5.32 Å². The highest BCUT2D eigenvalue weighted by atomic mass is 15.3. The number of nitrogens with one attached hydrogen (secondary N) is 1. The smallest absolute Gasteiger partial charge is 0.0762 e. The second-order valence-corrected chi connectivity index (χ2v) is 3.96. The van der Waals surface area contributed by atoms with Gasteiger partial charge in [-0.05, 0) is 12.5 Å². The van der Waals surface area contributed by atoms with E-state index in [1.54, 1.807) is 0 Å². The van der Waals surface area contributed by atoms with Crippen molar-refractivity contribution in [1.29, 1.82) is 0 Å². The fourth-order valence-electron chi connectivity index (χ4n) is 1.25. The molecule has 0 saturated carbocycles. The summed E-state index contributed by atoms with van der Waals surface area (Å²) in [6, 6.07) is 2.61. The summed E-state index contributed by atoms with van der Waals surface area (Å²) < 4.78 is 2.03. The minimum absolute atomic E-state index is 0.524. The first-order chi connectivity index (χ1) is 6.72. The van der Waals surface area contributed by atoms with Crippen LogP contribution in [-0.2, 0) is 13.1 Å². The zero-order valence-electron chi connectivity index (χ0n) is 9.45. The van der Waals surface area contributed by atoms with Gasteiger partial charge in [0.1, 0.15) is 0 Å². The zero-order chi connectivity index (χ0) is 10.4. The van der Waals surface area contributed by atoms with Crippen LogP contribution in [0.25, 0.3) is 0 Å². The summed E-state index contributed by atoms with van der Waals surface area (Å²) in [5.74, 6) is 0. The molecule has 1 heterocycles. The van der Waals surface area contributed by atoms with Crippen LogP contribution in [0.1, 0.15) is 39.3 Å². The molecule has 80 valence electrons. The van der Waals surface area contributed by atoms with E-state index < -0.39 is 0 Å². The van der Waals surface area contributed by atoms with Crippen LogP contribution in [0.15, 0.2) is 12.3 Å². The van der Waals surface area contributed by atoms with Gasteiger partial charge < -0.3 is 5.32 Å². The highest BCUT2D eigenvalue weighted by molar-refractivity contribution is 4.98. The third kappa shape index (κ3) is 3.92. The number of aromatic nitrogens is 2. The Labute approximate surface area is 86.5 Å². The van der Waals surface area contributed by atoms with E-state index in [-0.39, 0.29) is 0 Å². The minimum atomic E-state index is 0.524. The van der Waals surface area contributed by atoms with E-state index in [0.29, 0.717) is 6.04 Å². The van der Waals surface area contributed by atoms with Crippen LogP contribution in [0.4, 0.5) is 0 Å². The number of rotatable bonds is 6. The molecule has 0 bridgehead atoms. The van der Waals surface area contributed by atoms with E-state index in [0.717, 1.165) is 18.8 Å². The predicted octanol–water partition coefficient (Wildman–Crippen LogP) is 2.18. The van der Waals surface area contributed by atoms with Crippen LogP contribution in [0.3, 0.4) is 0 Å². The highest BCUT2D eigenvalue weighted by Gasteiger charge is 1.99.